The number of amides is 2. The quantitative estimate of drug-likeness (QED) is 0.667. The van der Waals surface area contributed by atoms with Crippen molar-refractivity contribution in [3.63, 3.8) is 0 Å². The van der Waals surface area contributed by atoms with Crippen LogP contribution < -0.4 is 19.5 Å². The highest BCUT2D eigenvalue weighted by molar-refractivity contribution is 5.87. The van der Waals surface area contributed by atoms with E-state index in [1.165, 1.54) is 0 Å². The summed E-state index contributed by atoms with van der Waals surface area (Å²) in [5, 5.41) is 2.68. The molecule has 0 radical (unpaired) electrons. The van der Waals surface area contributed by atoms with Crippen molar-refractivity contribution in [3.8, 4) is 17.2 Å². The van der Waals surface area contributed by atoms with Gasteiger partial charge in [-0.25, -0.2) is 0 Å². The summed E-state index contributed by atoms with van der Waals surface area (Å²) in [5.74, 6) is 1.91. The maximum absolute atomic E-state index is 13.2. The fourth-order valence-electron chi connectivity index (χ4n) is 3.69. The van der Waals surface area contributed by atoms with Gasteiger partial charge in [-0.2, -0.15) is 0 Å². The zero-order valence-electron chi connectivity index (χ0n) is 18.3. The van der Waals surface area contributed by atoms with Gasteiger partial charge in [0, 0.05) is 20.0 Å². The van der Waals surface area contributed by atoms with Crippen LogP contribution in [0, 0.1) is 0 Å². The molecule has 0 saturated carbocycles. The summed E-state index contributed by atoms with van der Waals surface area (Å²) in [7, 11) is 3.20. The molecule has 0 saturated heterocycles. The Bertz CT molecular complexity index is 915. The summed E-state index contributed by atoms with van der Waals surface area (Å²) in [6.07, 6.45) is 1.37. The summed E-state index contributed by atoms with van der Waals surface area (Å²) >= 11 is 0. The maximum atomic E-state index is 13.2. The van der Waals surface area contributed by atoms with Crippen molar-refractivity contribution in [2.45, 2.75) is 38.8 Å². The van der Waals surface area contributed by atoms with Gasteiger partial charge in [-0.15, -0.1) is 0 Å². The second-order valence-electron chi connectivity index (χ2n) is 7.39. The second-order valence-corrected chi connectivity index (χ2v) is 7.39. The van der Waals surface area contributed by atoms with Crippen LogP contribution in [0.3, 0.4) is 0 Å². The van der Waals surface area contributed by atoms with Crippen LogP contribution in [0.1, 0.15) is 30.9 Å². The van der Waals surface area contributed by atoms with E-state index in [4.69, 9.17) is 14.2 Å². The van der Waals surface area contributed by atoms with Crippen LogP contribution in [0.5, 0.6) is 17.2 Å². The van der Waals surface area contributed by atoms with Crippen molar-refractivity contribution in [2.75, 3.05) is 27.4 Å². The third-order valence-corrected chi connectivity index (χ3v) is 5.35. The van der Waals surface area contributed by atoms with Crippen molar-refractivity contribution < 1.29 is 23.8 Å². The molecule has 0 aliphatic carbocycles. The monoisotopic (exact) mass is 426 g/mol. The number of carbonyl (C=O) groups is 2. The maximum Gasteiger partial charge on any atom is 0.242 e. The van der Waals surface area contributed by atoms with Gasteiger partial charge in [0.1, 0.15) is 25.0 Å². The van der Waals surface area contributed by atoms with E-state index in [9.17, 15) is 9.59 Å². The first-order chi connectivity index (χ1) is 15.0. The molecular weight excluding hydrogens is 396 g/mol. The third kappa shape index (κ3) is 5.69. The number of rotatable bonds is 9. The van der Waals surface area contributed by atoms with E-state index in [1.54, 1.807) is 19.1 Å². The lowest BCUT2D eigenvalue weighted by atomic mass is 10.1. The Morgan fingerprint density at radius 1 is 1.10 bits per heavy atom. The van der Waals surface area contributed by atoms with Gasteiger partial charge in [-0.05, 0) is 48.2 Å². The van der Waals surface area contributed by atoms with E-state index >= 15 is 0 Å². The van der Waals surface area contributed by atoms with Crippen molar-refractivity contribution in [1.82, 2.24) is 10.2 Å². The fourth-order valence-corrected chi connectivity index (χ4v) is 3.69. The van der Waals surface area contributed by atoms with E-state index in [0.717, 1.165) is 16.9 Å². The molecule has 1 aliphatic rings. The van der Waals surface area contributed by atoms with E-state index in [1.807, 2.05) is 49.4 Å². The molecule has 1 N–H and O–H groups in total. The number of hydrogen-bond donors (Lipinski definition) is 1. The lowest BCUT2D eigenvalue weighted by Crippen LogP contribution is -2.48. The Morgan fingerprint density at radius 2 is 1.87 bits per heavy atom. The Hall–Kier alpha value is -3.22. The van der Waals surface area contributed by atoms with E-state index in [2.05, 4.69) is 5.32 Å². The minimum Gasteiger partial charge on any atom is -0.497 e. The molecule has 2 aromatic rings. The SMILES string of the molecule is CCC(C(=O)NC)N(Cc1cccc(OC)c1)C(=O)CCc1ccc2c(c1)OCCO2. The summed E-state index contributed by atoms with van der Waals surface area (Å²) in [6, 6.07) is 12.8. The molecular formula is C24H30N2O5. The molecule has 0 spiro atoms. The fraction of sp³-hybridized carbons (Fsp3) is 0.417. The predicted molar refractivity (Wildman–Crippen MR) is 117 cm³/mol. The highest BCUT2D eigenvalue weighted by atomic mass is 16.6. The smallest absolute Gasteiger partial charge is 0.242 e. The molecule has 31 heavy (non-hydrogen) atoms. The minimum absolute atomic E-state index is 0.0758. The van der Waals surface area contributed by atoms with Crippen LogP contribution in [0.25, 0.3) is 0 Å². The third-order valence-electron chi connectivity index (χ3n) is 5.35. The minimum atomic E-state index is -0.538. The molecule has 0 aromatic heterocycles. The molecule has 0 fully saturated rings. The highest BCUT2D eigenvalue weighted by Gasteiger charge is 2.28. The largest absolute Gasteiger partial charge is 0.497 e. The summed E-state index contributed by atoms with van der Waals surface area (Å²) < 4.78 is 16.5. The van der Waals surface area contributed by atoms with Crippen molar-refractivity contribution >= 4 is 11.8 Å². The molecule has 3 rings (SSSR count). The first-order valence-corrected chi connectivity index (χ1v) is 10.6. The standard InChI is InChI=1S/C24H30N2O5/c1-4-20(24(28)25-2)26(16-18-6-5-7-19(14-18)29-3)23(27)11-9-17-8-10-21-22(15-17)31-13-12-30-21/h5-8,10,14-15,20H,4,9,11-13,16H2,1-3H3,(H,25,28). The second kappa shape index (κ2) is 10.7. The topological polar surface area (TPSA) is 77.1 Å². The van der Waals surface area contributed by atoms with Crippen LogP contribution in [-0.2, 0) is 22.6 Å². The summed E-state index contributed by atoms with van der Waals surface area (Å²) in [6.45, 7) is 3.31. The van der Waals surface area contributed by atoms with E-state index in [0.29, 0.717) is 44.1 Å². The van der Waals surface area contributed by atoms with Crippen molar-refractivity contribution in [3.05, 3.63) is 53.6 Å². The molecule has 2 amide bonds. The Balaban J connectivity index is 1.75. The summed E-state index contributed by atoms with van der Waals surface area (Å²) in [5.41, 5.74) is 1.90. The molecule has 7 heteroatoms. The lowest BCUT2D eigenvalue weighted by Gasteiger charge is -2.30. The molecule has 0 bridgehead atoms. The number of nitrogens with one attached hydrogen (secondary N) is 1. The van der Waals surface area contributed by atoms with Gasteiger partial charge < -0.3 is 24.4 Å². The van der Waals surface area contributed by atoms with Gasteiger partial charge in [0.2, 0.25) is 11.8 Å². The molecule has 7 nitrogen and oxygen atoms in total. The number of likely N-dealkylation sites (N-methyl/N-ethyl adjacent to an activating group) is 1. The van der Waals surface area contributed by atoms with Crippen molar-refractivity contribution in [2.24, 2.45) is 0 Å². The summed E-state index contributed by atoms with van der Waals surface area (Å²) in [4.78, 5) is 27.4. The van der Waals surface area contributed by atoms with Gasteiger partial charge in [0.25, 0.3) is 0 Å². The zero-order chi connectivity index (χ0) is 22.2. The number of ether oxygens (including phenoxy) is 3. The Kier molecular flexibility index (Phi) is 7.76. The predicted octanol–water partition coefficient (Wildman–Crippen LogP) is 2.95. The highest BCUT2D eigenvalue weighted by Crippen LogP contribution is 2.31. The number of methoxy groups -OCH3 is 1. The molecule has 1 heterocycles. The van der Waals surface area contributed by atoms with Crippen LogP contribution >= 0.6 is 0 Å². The number of fused-ring (bicyclic) bond motifs is 1. The average molecular weight is 427 g/mol. The Morgan fingerprint density at radius 3 is 2.58 bits per heavy atom. The molecule has 1 aliphatic heterocycles. The van der Waals surface area contributed by atoms with E-state index < -0.39 is 6.04 Å². The number of hydrogen-bond acceptors (Lipinski definition) is 5. The lowest BCUT2D eigenvalue weighted by molar-refractivity contribution is -0.141. The normalized spacial score (nSPS) is 13.3. The zero-order valence-corrected chi connectivity index (χ0v) is 18.3. The van der Waals surface area contributed by atoms with Gasteiger partial charge in [-0.3, -0.25) is 9.59 Å². The van der Waals surface area contributed by atoms with Crippen LogP contribution in [0.4, 0.5) is 0 Å². The number of benzene rings is 2. The van der Waals surface area contributed by atoms with E-state index in [-0.39, 0.29) is 18.2 Å². The first-order valence-electron chi connectivity index (χ1n) is 10.6. The number of carbonyl (C=O) groups excluding carboxylic acids is 2. The van der Waals surface area contributed by atoms with Crippen LogP contribution in [0.15, 0.2) is 42.5 Å². The molecule has 1 unspecified atom stereocenters. The van der Waals surface area contributed by atoms with Gasteiger partial charge >= 0.3 is 0 Å². The van der Waals surface area contributed by atoms with Gasteiger partial charge in [-0.1, -0.05) is 25.1 Å². The average Bonchev–Trinajstić information content (AvgIpc) is 2.82. The molecule has 166 valence electrons. The first kappa shape index (κ1) is 22.5. The van der Waals surface area contributed by atoms with Gasteiger partial charge in [0.15, 0.2) is 11.5 Å². The van der Waals surface area contributed by atoms with Crippen LogP contribution in [-0.4, -0.2) is 50.1 Å². The Labute approximate surface area is 183 Å². The van der Waals surface area contributed by atoms with Crippen LogP contribution in [0.2, 0.25) is 0 Å². The molecule has 1 atom stereocenters. The van der Waals surface area contributed by atoms with Gasteiger partial charge in [0.05, 0.1) is 7.11 Å². The van der Waals surface area contributed by atoms with Crippen molar-refractivity contribution in [1.29, 1.82) is 0 Å². The number of aryl methyl sites for hydroxylation is 1. The number of nitrogens with zero attached hydrogens (tertiary/aromatic N) is 1. The molecule has 2 aromatic carbocycles.